The highest BCUT2D eigenvalue weighted by atomic mass is 16.6. The van der Waals surface area contributed by atoms with E-state index in [-0.39, 0.29) is 11.8 Å². The second-order valence-corrected chi connectivity index (χ2v) is 8.16. The van der Waals surface area contributed by atoms with Crippen LogP contribution in [0.2, 0.25) is 0 Å². The van der Waals surface area contributed by atoms with Gasteiger partial charge in [-0.25, -0.2) is 4.79 Å². The maximum absolute atomic E-state index is 12.1. The van der Waals surface area contributed by atoms with E-state index in [1.807, 2.05) is 49.9 Å². The van der Waals surface area contributed by atoms with Gasteiger partial charge >= 0.3 is 6.09 Å². The van der Waals surface area contributed by atoms with Crippen LogP contribution in [0.1, 0.15) is 39.2 Å². The van der Waals surface area contributed by atoms with E-state index in [2.05, 4.69) is 10.2 Å². The zero-order valence-electron chi connectivity index (χ0n) is 17.7. The number of methoxy groups -OCH3 is 1. The summed E-state index contributed by atoms with van der Waals surface area (Å²) in [5, 5.41) is 2.90. The van der Waals surface area contributed by atoms with E-state index >= 15 is 0 Å². The maximum atomic E-state index is 12.1. The third kappa shape index (κ3) is 7.03. The third-order valence-electron chi connectivity index (χ3n) is 4.78. The molecule has 1 fully saturated rings. The van der Waals surface area contributed by atoms with Gasteiger partial charge in [-0.2, -0.15) is 0 Å². The molecule has 1 saturated heterocycles. The number of carbonyl (C=O) groups is 2. The standard InChI is InChI=1S/C21H33N3O4/c1-16(25)24-12-10-23(11-13-24)15-18(14-22-20(26)28-21(2,3)4)17-6-8-19(27-5)9-7-17/h6-9,18H,10-15H2,1-5H3,(H,22,26). The van der Waals surface area contributed by atoms with Crippen LogP contribution < -0.4 is 10.1 Å². The molecule has 0 bridgehead atoms. The second kappa shape index (κ2) is 9.78. The summed E-state index contributed by atoms with van der Waals surface area (Å²) >= 11 is 0. The molecule has 1 unspecified atom stereocenters. The van der Waals surface area contributed by atoms with E-state index in [1.165, 1.54) is 0 Å². The van der Waals surface area contributed by atoms with Crippen LogP contribution >= 0.6 is 0 Å². The van der Waals surface area contributed by atoms with E-state index in [1.54, 1.807) is 14.0 Å². The minimum absolute atomic E-state index is 0.113. The fourth-order valence-electron chi connectivity index (χ4n) is 3.24. The van der Waals surface area contributed by atoms with Gasteiger partial charge in [-0.05, 0) is 38.5 Å². The second-order valence-electron chi connectivity index (χ2n) is 8.16. The van der Waals surface area contributed by atoms with Gasteiger partial charge in [0, 0.05) is 52.1 Å². The summed E-state index contributed by atoms with van der Waals surface area (Å²) in [4.78, 5) is 27.8. The number of hydrogen-bond acceptors (Lipinski definition) is 5. The summed E-state index contributed by atoms with van der Waals surface area (Å²) in [5.41, 5.74) is 0.605. The van der Waals surface area contributed by atoms with Gasteiger partial charge in [0.25, 0.3) is 0 Å². The average Bonchev–Trinajstić information content (AvgIpc) is 2.64. The van der Waals surface area contributed by atoms with Crippen molar-refractivity contribution in [2.45, 2.75) is 39.2 Å². The predicted molar refractivity (Wildman–Crippen MR) is 109 cm³/mol. The van der Waals surface area contributed by atoms with Crippen molar-refractivity contribution < 1.29 is 19.1 Å². The first-order chi connectivity index (χ1) is 13.2. The SMILES string of the molecule is COc1ccc(C(CNC(=O)OC(C)(C)C)CN2CCN(C(C)=O)CC2)cc1. The van der Waals surface area contributed by atoms with E-state index in [0.29, 0.717) is 6.54 Å². The molecule has 2 rings (SSSR count). The Morgan fingerprint density at radius 1 is 1.11 bits per heavy atom. The van der Waals surface area contributed by atoms with Gasteiger partial charge in [-0.15, -0.1) is 0 Å². The largest absolute Gasteiger partial charge is 0.497 e. The third-order valence-corrected chi connectivity index (χ3v) is 4.78. The summed E-state index contributed by atoms with van der Waals surface area (Å²) in [6, 6.07) is 7.94. The molecule has 0 spiro atoms. The molecule has 28 heavy (non-hydrogen) atoms. The highest BCUT2D eigenvalue weighted by Crippen LogP contribution is 2.21. The Balaban J connectivity index is 2.01. The van der Waals surface area contributed by atoms with Gasteiger partial charge in [-0.1, -0.05) is 12.1 Å². The quantitative estimate of drug-likeness (QED) is 0.807. The lowest BCUT2D eigenvalue weighted by atomic mass is 9.97. The highest BCUT2D eigenvalue weighted by molar-refractivity contribution is 5.73. The first-order valence-electron chi connectivity index (χ1n) is 9.76. The van der Waals surface area contributed by atoms with Crippen LogP contribution in [0.4, 0.5) is 4.79 Å². The topological polar surface area (TPSA) is 71.1 Å². The molecule has 1 heterocycles. The Labute approximate surface area is 168 Å². The fraction of sp³-hybridized carbons (Fsp3) is 0.619. The molecule has 1 atom stereocenters. The number of nitrogens with zero attached hydrogens (tertiary/aromatic N) is 2. The summed E-state index contributed by atoms with van der Waals surface area (Å²) in [5.74, 6) is 1.04. The Bertz CT molecular complexity index is 647. The molecule has 0 aliphatic carbocycles. The molecule has 0 radical (unpaired) electrons. The molecule has 0 aromatic heterocycles. The first-order valence-corrected chi connectivity index (χ1v) is 9.76. The number of piperazine rings is 1. The highest BCUT2D eigenvalue weighted by Gasteiger charge is 2.23. The van der Waals surface area contributed by atoms with Crippen LogP contribution in [0.15, 0.2) is 24.3 Å². The van der Waals surface area contributed by atoms with Crippen LogP contribution in [0.5, 0.6) is 5.75 Å². The first kappa shape index (κ1) is 22.0. The summed E-state index contributed by atoms with van der Waals surface area (Å²) in [6.07, 6.45) is -0.410. The number of benzene rings is 1. The Kier molecular flexibility index (Phi) is 7.69. The number of rotatable bonds is 6. The molecule has 7 heteroatoms. The van der Waals surface area contributed by atoms with Gasteiger partial charge in [0.05, 0.1) is 7.11 Å². The molecule has 1 aliphatic rings. The number of hydrogen-bond donors (Lipinski definition) is 1. The molecular formula is C21H33N3O4. The Hall–Kier alpha value is -2.28. The smallest absolute Gasteiger partial charge is 0.407 e. The fourth-order valence-corrected chi connectivity index (χ4v) is 3.24. The molecule has 1 aromatic carbocycles. The van der Waals surface area contributed by atoms with Crippen LogP contribution in [0.3, 0.4) is 0 Å². The number of nitrogens with one attached hydrogen (secondary N) is 1. The van der Waals surface area contributed by atoms with Crippen molar-refractivity contribution in [3.05, 3.63) is 29.8 Å². The molecule has 156 valence electrons. The molecule has 1 N–H and O–H groups in total. The normalized spacial score (nSPS) is 16.4. The number of carbonyl (C=O) groups excluding carboxylic acids is 2. The Morgan fingerprint density at radius 2 is 1.71 bits per heavy atom. The molecule has 1 aromatic rings. The maximum Gasteiger partial charge on any atom is 0.407 e. The Morgan fingerprint density at radius 3 is 2.21 bits per heavy atom. The summed E-state index contributed by atoms with van der Waals surface area (Å²) < 4.78 is 10.6. The van der Waals surface area contributed by atoms with Crippen molar-refractivity contribution in [2.24, 2.45) is 0 Å². The van der Waals surface area contributed by atoms with Crippen molar-refractivity contribution in [3.8, 4) is 5.75 Å². The lowest BCUT2D eigenvalue weighted by molar-refractivity contribution is -0.130. The molecule has 7 nitrogen and oxygen atoms in total. The summed E-state index contributed by atoms with van der Waals surface area (Å²) in [7, 11) is 1.64. The zero-order chi connectivity index (χ0) is 20.7. The summed E-state index contributed by atoms with van der Waals surface area (Å²) in [6.45, 7) is 11.6. The minimum Gasteiger partial charge on any atom is -0.497 e. The number of alkyl carbamates (subject to hydrolysis) is 1. The van der Waals surface area contributed by atoms with E-state index in [9.17, 15) is 9.59 Å². The van der Waals surface area contributed by atoms with Crippen molar-refractivity contribution in [1.82, 2.24) is 15.1 Å². The van der Waals surface area contributed by atoms with Crippen LogP contribution in [0.25, 0.3) is 0 Å². The van der Waals surface area contributed by atoms with Crippen LogP contribution in [-0.4, -0.2) is 73.8 Å². The van der Waals surface area contributed by atoms with Crippen molar-refractivity contribution in [3.63, 3.8) is 0 Å². The van der Waals surface area contributed by atoms with Crippen molar-refractivity contribution >= 4 is 12.0 Å². The van der Waals surface area contributed by atoms with Crippen molar-refractivity contribution in [2.75, 3.05) is 46.4 Å². The zero-order valence-corrected chi connectivity index (χ0v) is 17.7. The van der Waals surface area contributed by atoms with Gasteiger partial charge in [0.15, 0.2) is 0 Å². The number of ether oxygens (including phenoxy) is 2. The van der Waals surface area contributed by atoms with E-state index in [4.69, 9.17) is 9.47 Å². The minimum atomic E-state index is -0.525. The molecule has 1 aliphatic heterocycles. The lowest BCUT2D eigenvalue weighted by Crippen LogP contribution is -2.49. The lowest BCUT2D eigenvalue weighted by Gasteiger charge is -2.36. The monoisotopic (exact) mass is 391 g/mol. The van der Waals surface area contributed by atoms with Crippen LogP contribution in [-0.2, 0) is 9.53 Å². The van der Waals surface area contributed by atoms with Gasteiger partial charge in [0.1, 0.15) is 11.4 Å². The molecular weight excluding hydrogens is 358 g/mol. The van der Waals surface area contributed by atoms with Crippen LogP contribution in [0, 0.1) is 0 Å². The van der Waals surface area contributed by atoms with Gasteiger partial charge in [0.2, 0.25) is 5.91 Å². The molecule has 0 saturated carbocycles. The number of amides is 2. The van der Waals surface area contributed by atoms with Gasteiger partial charge in [-0.3, -0.25) is 9.69 Å². The van der Waals surface area contributed by atoms with E-state index in [0.717, 1.165) is 44.0 Å². The average molecular weight is 392 g/mol. The van der Waals surface area contributed by atoms with Crippen molar-refractivity contribution in [1.29, 1.82) is 0 Å². The van der Waals surface area contributed by atoms with E-state index < -0.39 is 11.7 Å². The molecule has 2 amide bonds. The van der Waals surface area contributed by atoms with Gasteiger partial charge < -0.3 is 19.7 Å². The predicted octanol–water partition coefficient (Wildman–Crippen LogP) is 2.47.